The Morgan fingerprint density at radius 2 is 1.15 bits per heavy atom. The zero-order chi connectivity index (χ0) is 18.1. The summed E-state index contributed by atoms with van der Waals surface area (Å²) in [6.07, 6.45) is 1.79. The Bertz CT molecular complexity index is 1010. The molecule has 2 nitrogen and oxygen atoms in total. The Morgan fingerprint density at radius 1 is 0.654 bits per heavy atom. The lowest BCUT2D eigenvalue weighted by atomic mass is 9.83. The molecule has 26 heavy (non-hydrogen) atoms. The van der Waals surface area contributed by atoms with Gasteiger partial charge in [0.05, 0.1) is 5.69 Å². The number of benzene rings is 3. The third kappa shape index (κ3) is 2.59. The van der Waals surface area contributed by atoms with Crippen molar-refractivity contribution in [1.29, 1.82) is 0 Å². The zero-order valence-corrected chi connectivity index (χ0v) is 15.1. The lowest BCUT2D eigenvalue weighted by Gasteiger charge is -2.21. The first-order chi connectivity index (χ1) is 12.7. The molecular weight excluding hydrogens is 318 g/mol. The van der Waals surface area contributed by atoms with Crippen molar-refractivity contribution in [2.45, 2.75) is 26.7 Å². The number of Topliss-reactive ketones (excluding diaryl/α,β-unsaturated/α-hetero) is 1. The van der Waals surface area contributed by atoms with Crippen molar-refractivity contribution in [2.75, 3.05) is 0 Å². The molecule has 0 atom stereocenters. The second-order valence-corrected chi connectivity index (χ2v) is 6.51. The molecule has 4 rings (SSSR count). The fraction of sp³-hybridized carbons (Fsp3) is 0.167. The normalized spacial score (nSPS) is 14.2. The van der Waals surface area contributed by atoms with E-state index < -0.39 is 0 Å². The number of carbonyl (C=O) groups excluding carboxylic acids is 1. The van der Waals surface area contributed by atoms with Crippen molar-refractivity contribution >= 4 is 17.2 Å². The lowest BCUT2D eigenvalue weighted by Crippen LogP contribution is -2.22. The van der Waals surface area contributed by atoms with E-state index in [-0.39, 0.29) is 5.78 Å². The van der Waals surface area contributed by atoms with E-state index in [2.05, 4.69) is 38.1 Å². The quantitative estimate of drug-likeness (QED) is 0.593. The topological polar surface area (TPSA) is 29.4 Å². The van der Waals surface area contributed by atoms with E-state index in [1.54, 1.807) is 0 Å². The van der Waals surface area contributed by atoms with Crippen LogP contribution < -0.4 is 0 Å². The van der Waals surface area contributed by atoms with Crippen molar-refractivity contribution in [3.63, 3.8) is 0 Å². The van der Waals surface area contributed by atoms with Crippen LogP contribution in [-0.4, -0.2) is 11.5 Å². The van der Waals surface area contributed by atoms with Crippen molar-refractivity contribution in [1.82, 2.24) is 0 Å². The predicted octanol–water partition coefficient (Wildman–Crippen LogP) is 5.80. The second kappa shape index (κ2) is 6.72. The van der Waals surface area contributed by atoms with Gasteiger partial charge >= 0.3 is 0 Å². The van der Waals surface area contributed by atoms with Gasteiger partial charge in [0.1, 0.15) is 5.71 Å². The number of fused-ring (bicyclic) bond motifs is 3. The molecule has 0 bridgehead atoms. The average Bonchev–Trinajstić information content (AvgIpc) is 2.71. The molecule has 0 aliphatic heterocycles. The summed E-state index contributed by atoms with van der Waals surface area (Å²) in [6.45, 7) is 4.26. The van der Waals surface area contributed by atoms with E-state index in [1.165, 1.54) is 11.1 Å². The van der Waals surface area contributed by atoms with Crippen LogP contribution in [0.3, 0.4) is 0 Å². The molecular formula is C24H21NO. The van der Waals surface area contributed by atoms with E-state index in [0.29, 0.717) is 5.71 Å². The van der Waals surface area contributed by atoms with Gasteiger partial charge in [0.25, 0.3) is 0 Å². The van der Waals surface area contributed by atoms with Crippen LogP contribution in [0, 0.1) is 0 Å². The Balaban J connectivity index is 1.99. The molecule has 0 aromatic heterocycles. The number of aryl methyl sites for hydroxylation is 2. The molecule has 3 aromatic carbocycles. The number of hydrogen-bond donors (Lipinski definition) is 0. The van der Waals surface area contributed by atoms with Gasteiger partial charge < -0.3 is 0 Å². The number of aliphatic imine (C=N–C) groups is 1. The Morgan fingerprint density at radius 3 is 1.73 bits per heavy atom. The van der Waals surface area contributed by atoms with E-state index >= 15 is 0 Å². The number of ketones is 1. The van der Waals surface area contributed by atoms with Gasteiger partial charge in [-0.1, -0.05) is 80.6 Å². The first-order valence-electron chi connectivity index (χ1n) is 9.17. The van der Waals surface area contributed by atoms with Gasteiger partial charge in [-0.2, -0.15) is 0 Å². The van der Waals surface area contributed by atoms with Crippen LogP contribution in [-0.2, 0) is 12.8 Å². The standard InChI is InChI=1S/C24H21NO/c1-3-16-10-9-11-17(4-2)22(16)25-23-20-14-7-5-12-18(20)19-13-6-8-15-21(19)24(23)26/h5-15H,3-4H2,1-2H3. The van der Waals surface area contributed by atoms with E-state index in [4.69, 9.17) is 4.99 Å². The largest absolute Gasteiger partial charge is 0.287 e. The first kappa shape index (κ1) is 16.5. The minimum atomic E-state index is 0.00672. The van der Waals surface area contributed by atoms with Crippen LogP contribution in [0.1, 0.15) is 40.9 Å². The van der Waals surface area contributed by atoms with Crippen LogP contribution >= 0.6 is 0 Å². The fourth-order valence-corrected chi connectivity index (χ4v) is 3.67. The third-order valence-corrected chi connectivity index (χ3v) is 5.05. The molecule has 128 valence electrons. The van der Waals surface area contributed by atoms with Gasteiger partial charge in [-0.05, 0) is 35.1 Å². The van der Waals surface area contributed by atoms with Gasteiger partial charge in [0.15, 0.2) is 0 Å². The molecule has 0 fully saturated rings. The Hall–Kier alpha value is -3.00. The number of hydrogen-bond acceptors (Lipinski definition) is 2. The van der Waals surface area contributed by atoms with E-state index in [1.807, 2.05) is 42.5 Å². The summed E-state index contributed by atoms with van der Waals surface area (Å²) in [6, 6.07) is 22.2. The van der Waals surface area contributed by atoms with Crippen molar-refractivity contribution in [3.8, 4) is 11.1 Å². The Kier molecular flexibility index (Phi) is 4.26. The molecule has 2 heteroatoms. The minimum Gasteiger partial charge on any atom is -0.287 e. The summed E-state index contributed by atoms with van der Waals surface area (Å²) >= 11 is 0. The predicted molar refractivity (Wildman–Crippen MR) is 108 cm³/mol. The van der Waals surface area contributed by atoms with Crippen LogP contribution in [0.4, 0.5) is 5.69 Å². The maximum absolute atomic E-state index is 13.3. The molecule has 0 unspecified atom stereocenters. The van der Waals surface area contributed by atoms with Gasteiger partial charge in [0.2, 0.25) is 5.78 Å². The molecule has 1 aliphatic carbocycles. The molecule has 0 saturated carbocycles. The SMILES string of the molecule is CCc1cccc(CC)c1N=C1C(=O)c2ccccc2-c2ccccc21. The average molecular weight is 339 g/mol. The maximum Gasteiger partial charge on any atom is 0.212 e. The third-order valence-electron chi connectivity index (χ3n) is 5.05. The van der Waals surface area contributed by atoms with Gasteiger partial charge in [-0.25, -0.2) is 4.99 Å². The summed E-state index contributed by atoms with van der Waals surface area (Å²) in [5, 5.41) is 0. The fourth-order valence-electron chi connectivity index (χ4n) is 3.67. The molecule has 0 N–H and O–H groups in total. The summed E-state index contributed by atoms with van der Waals surface area (Å²) < 4.78 is 0. The molecule has 0 amide bonds. The van der Waals surface area contributed by atoms with E-state index in [0.717, 1.165) is 40.8 Å². The van der Waals surface area contributed by atoms with Crippen molar-refractivity contribution in [2.24, 2.45) is 4.99 Å². The molecule has 1 aliphatic rings. The highest BCUT2D eigenvalue weighted by Gasteiger charge is 2.28. The first-order valence-corrected chi connectivity index (χ1v) is 9.17. The summed E-state index contributed by atoms with van der Waals surface area (Å²) in [4.78, 5) is 18.2. The number of carbonyl (C=O) groups is 1. The Labute approximate surface area is 154 Å². The molecule has 0 saturated heterocycles. The molecule has 0 radical (unpaired) electrons. The van der Waals surface area contributed by atoms with Crippen LogP contribution in [0.15, 0.2) is 71.7 Å². The summed E-state index contributed by atoms with van der Waals surface area (Å²) in [5.74, 6) is 0.00672. The zero-order valence-electron chi connectivity index (χ0n) is 15.1. The highest BCUT2D eigenvalue weighted by atomic mass is 16.1. The highest BCUT2D eigenvalue weighted by molar-refractivity contribution is 6.55. The minimum absolute atomic E-state index is 0.00672. The number of rotatable bonds is 3. The maximum atomic E-state index is 13.3. The smallest absolute Gasteiger partial charge is 0.212 e. The summed E-state index contributed by atoms with van der Waals surface area (Å²) in [7, 11) is 0. The summed E-state index contributed by atoms with van der Waals surface area (Å²) in [5.41, 5.74) is 7.59. The molecule has 0 spiro atoms. The number of para-hydroxylation sites is 1. The van der Waals surface area contributed by atoms with E-state index in [9.17, 15) is 4.79 Å². The second-order valence-electron chi connectivity index (χ2n) is 6.51. The van der Waals surface area contributed by atoms with Crippen molar-refractivity contribution < 1.29 is 4.79 Å². The van der Waals surface area contributed by atoms with Gasteiger partial charge in [-0.3, -0.25) is 4.79 Å². The van der Waals surface area contributed by atoms with Crippen LogP contribution in [0.2, 0.25) is 0 Å². The van der Waals surface area contributed by atoms with Crippen molar-refractivity contribution in [3.05, 3.63) is 89.0 Å². The van der Waals surface area contributed by atoms with Crippen LogP contribution in [0.25, 0.3) is 11.1 Å². The van der Waals surface area contributed by atoms with Gasteiger partial charge in [-0.15, -0.1) is 0 Å². The monoisotopic (exact) mass is 339 g/mol. The van der Waals surface area contributed by atoms with Gasteiger partial charge in [0, 0.05) is 11.1 Å². The lowest BCUT2D eigenvalue weighted by molar-refractivity contribution is 0.106. The molecule has 3 aromatic rings. The van der Waals surface area contributed by atoms with Crippen LogP contribution in [0.5, 0.6) is 0 Å². The molecule has 0 heterocycles. The highest BCUT2D eigenvalue weighted by Crippen LogP contribution is 2.35. The number of nitrogens with zero attached hydrogens (tertiary/aromatic N) is 1.